The van der Waals surface area contributed by atoms with Crippen LogP contribution in [0.5, 0.6) is 0 Å². The van der Waals surface area contributed by atoms with Crippen LogP contribution in [0.25, 0.3) is 32.0 Å². The number of hydrogen-bond donors (Lipinski definition) is 2. The number of aromatic nitrogens is 2. The summed E-state index contributed by atoms with van der Waals surface area (Å²) < 4.78 is 0. The van der Waals surface area contributed by atoms with Gasteiger partial charge in [-0.3, -0.25) is 19.2 Å². The van der Waals surface area contributed by atoms with Gasteiger partial charge >= 0.3 is 0 Å². The molecular weight excluding hydrogens is 989 g/mol. The van der Waals surface area contributed by atoms with Crippen LogP contribution >= 0.6 is 22.7 Å². The van der Waals surface area contributed by atoms with Crippen molar-refractivity contribution in [2.24, 2.45) is 0 Å². The van der Waals surface area contributed by atoms with Crippen LogP contribution in [0.15, 0.2) is 122 Å². The summed E-state index contributed by atoms with van der Waals surface area (Å²) in [5.41, 5.74) is 5.91. The predicted octanol–water partition coefficient (Wildman–Crippen LogP) is 8.70. The average molecular weight is 1060 g/mol. The van der Waals surface area contributed by atoms with Crippen molar-refractivity contribution in [3.8, 4) is 32.0 Å². The molecular formula is C60H72N10O4S2. The molecule has 4 atom stereocenters. The Kier molecular flexibility index (Phi) is 17.8. The SMILES string of the molecule is CN1CCN(CCCC(=O)N[C@@H](C(=O)N2CCC[C@H]2c2ncc(-c3ccc(-c4ccc(-c5cnc([C@@H]6CCCN6C(=O)[C@H](NC(=O)CCCN6CCN(C)CC6)c6ccccc6)s5)cc4)cc3)s2)c2ccccc2)CC1. The number of likely N-dealkylation sites (tertiary alicyclic amines) is 2. The number of benzene rings is 4. The number of hydrogen-bond acceptors (Lipinski definition) is 12. The lowest BCUT2D eigenvalue weighted by atomic mass is 10.0. The number of piperazine rings is 2. The zero-order valence-corrected chi connectivity index (χ0v) is 45.7. The van der Waals surface area contributed by atoms with Gasteiger partial charge in [0.1, 0.15) is 22.1 Å². The number of amides is 4. The highest BCUT2D eigenvalue weighted by atomic mass is 32.1. The second-order valence-electron chi connectivity index (χ2n) is 21.0. The van der Waals surface area contributed by atoms with E-state index in [9.17, 15) is 19.2 Å². The first-order valence-corrected chi connectivity index (χ1v) is 29.0. The molecule has 4 saturated heterocycles. The molecule has 10 rings (SSSR count). The predicted molar refractivity (Wildman–Crippen MR) is 302 cm³/mol. The van der Waals surface area contributed by atoms with Gasteiger partial charge in [-0.25, -0.2) is 9.97 Å². The van der Waals surface area contributed by atoms with E-state index in [1.807, 2.05) is 82.9 Å². The Hall–Kier alpha value is -6.14. The first-order chi connectivity index (χ1) is 37.1. The van der Waals surface area contributed by atoms with Crippen molar-refractivity contribution in [3.05, 3.63) is 143 Å². The molecule has 4 aliphatic heterocycles. The minimum Gasteiger partial charge on any atom is -0.341 e. The lowest BCUT2D eigenvalue weighted by Gasteiger charge is -2.32. The first kappa shape index (κ1) is 53.3. The molecule has 0 aliphatic carbocycles. The van der Waals surface area contributed by atoms with Crippen molar-refractivity contribution in [2.75, 3.05) is 92.6 Å². The van der Waals surface area contributed by atoms with Gasteiger partial charge in [-0.05, 0) is 99.1 Å². The van der Waals surface area contributed by atoms with Crippen molar-refractivity contribution in [3.63, 3.8) is 0 Å². The Morgan fingerprint density at radius 3 is 1.25 bits per heavy atom. The number of nitrogens with zero attached hydrogens (tertiary/aromatic N) is 8. The molecule has 4 fully saturated rings. The molecule has 6 heterocycles. The average Bonchev–Trinajstić information content (AvgIpc) is 4.33. The first-order valence-electron chi connectivity index (χ1n) is 27.4. The van der Waals surface area contributed by atoms with Gasteiger partial charge in [0.2, 0.25) is 23.6 Å². The highest BCUT2D eigenvalue weighted by molar-refractivity contribution is 7.15. The molecule has 0 radical (unpaired) electrons. The minimum atomic E-state index is -0.757. The Balaban J connectivity index is 0.748. The summed E-state index contributed by atoms with van der Waals surface area (Å²) in [6, 6.07) is 34.5. The van der Waals surface area contributed by atoms with Crippen LogP contribution < -0.4 is 10.6 Å². The Labute approximate surface area is 456 Å². The molecule has 4 aromatic carbocycles. The fourth-order valence-corrected chi connectivity index (χ4v) is 13.3. The van der Waals surface area contributed by atoms with Gasteiger partial charge < -0.3 is 40.0 Å². The zero-order valence-electron chi connectivity index (χ0n) is 44.0. The number of rotatable bonds is 19. The molecule has 76 heavy (non-hydrogen) atoms. The van der Waals surface area contributed by atoms with Gasteiger partial charge in [-0.1, -0.05) is 109 Å². The van der Waals surface area contributed by atoms with E-state index in [0.29, 0.717) is 25.9 Å². The third-order valence-corrected chi connectivity index (χ3v) is 18.0. The van der Waals surface area contributed by atoms with Gasteiger partial charge in [0.05, 0.1) is 21.8 Å². The third kappa shape index (κ3) is 13.2. The zero-order chi connectivity index (χ0) is 52.4. The standard InChI is InChI=1S/C60H72N10O4S2/c1-65-33-37-67(38-34-65)29-11-19-53(71)63-55(47-13-5-3-6-14-47)59(73)69-31-9-17-49(69)57-61-41-51(75-57)45-25-21-43(22-26-45)44-23-27-46(28-24-44)52-42-62-58(76-52)50-18-10-32-70(50)60(74)56(48-15-7-4-8-16-48)64-54(72)20-12-30-68-39-35-66(2)36-40-68/h3-8,13-16,21-28,41-42,49-50,55-56H,9-12,17-20,29-40H2,1-2H3,(H,63,71)(H,64,72)/t49-,50-,55+,56+/m0/s1. The van der Waals surface area contributed by atoms with Crippen LogP contribution in [0.1, 0.15) is 96.7 Å². The quantitative estimate of drug-likeness (QED) is 0.0811. The third-order valence-electron chi connectivity index (χ3n) is 15.7. The molecule has 0 spiro atoms. The molecule has 6 aromatic rings. The summed E-state index contributed by atoms with van der Waals surface area (Å²) in [6.45, 7) is 11.2. The molecule has 2 aromatic heterocycles. The number of nitrogens with one attached hydrogen (secondary N) is 2. The topological polar surface area (TPSA) is 138 Å². The minimum absolute atomic E-state index is 0.0884. The van der Waals surface area contributed by atoms with E-state index in [2.05, 4.69) is 92.9 Å². The molecule has 0 unspecified atom stereocenters. The molecule has 0 saturated carbocycles. The molecule has 16 heteroatoms. The van der Waals surface area contributed by atoms with Crippen molar-refractivity contribution >= 4 is 46.3 Å². The number of thiazole rings is 2. The summed E-state index contributed by atoms with van der Waals surface area (Å²) in [5, 5.41) is 8.07. The molecule has 14 nitrogen and oxygen atoms in total. The van der Waals surface area contributed by atoms with Gasteiger partial charge in [0.25, 0.3) is 0 Å². The van der Waals surface area contributed by atoms with Crippen molar-refractivity contribution in [2.45, 2.75) is 75.5 Å². The van der Waals surface area contributed by atoms with Crippen LogP contribution in [-0.4, -0.2) is 156 Å². The molecule has 0 bridgehead atoms. The monoisotopic (exact) mass is 1060 g/mol. The highest BCUT2D eigenvalue weighted by Gasteiger charge is 2.39. The number of carbonyl (C=O) groups is 4. The maximum Gasteiger partial charge on any atom is 0.250 e. The smallest absolute Gasteiger partial charge is 0.250 e. The normalized spacial score (nSPS) is 19.7. The van der Waals surface area contributed by atoms with Gasteiger partial charge in [0.15, 0.2) is 0 Å². The Morgan fingerprint density at radius 2 is 0.868 bits per heavy atom. The maximum atomic E-state index is 14.5. The van der Waals surface area contributed by atoms with Crippen LogP contribution in [-0.2, 0) is 19.2 Å². The van der Waals surface area contributed by atoms with E-state index in [4.69, 9.17) is 9.97 Å². The fourth-order valence-electron chi connectivity index (χ4n) is 11.1. The maximum absolute atomic E-state index is 14.5. The molecule has 398 valence electrons. The van der Waals surface area contributed by atoms with Crippen LogP contribution in [0.4, 0.5) is 0 Å². The summed E-state index contributed by atoms with van der Waals surface area (Å²) >= 11 is 3.26. The fraction of sp³-hybridized carbons (Fsp3) is 0.433. The van der Waals surface area contributed by atoms with E-state index < -0.39 is 12.1 Å². The van der Waals surface area contributed by atoms with Crippen LogP contribution in [0.3, 0.4) is 0 Å². The van der Waals surface area contributed by atoms with Crippen LogP contribution in [0.2, 0.25) is 0 Å². The number of carbonyl (C=O) groups excluding carboxylic acids is 4. The summed E-state index contributed by atoms with van der Waals surface area (Å²) in [7, 11) is 4.29. The summed E-state index contributed by atoms with van der Waals surface area (Å²) in [4.78, 5) is 80.9. The second-order valence-corrected chi connectivity index (χ2v) is 23.1. The second kappa shape index (κ2) is 25.3. The Bertz CT molecular complexity index is 2670. The van der Waals surface area contributed by atoms with Crippen molar-refractivity contribution < 1.29 is 19.2 Å². The van der Waals surface area contributed by atoms with Gasteiger partial charge in [0, 0.05) is 90.7 Å². The lowest BCUT2D eigenvalue weighted by molar-refractivity contribution is -0.137. The molecule has 4 amide bonds. The Morgan fingerprint density at radius 1 is 0.500 bits per heavy atom. The summed E-state index contributed by atoms with van der Waals surface area (Å²) in [6.07, 6.45) is 9.51. The van der Waals surface area contributed by atoms with E-state index in [1.165, 1.54) is 0 Å². The summed E-state index contributed by atoms with van der Waals surface area (Å²) in [5.74, 6) is -0.373. The highest BCUT2D eigenvalue weighted by Crippen LogP contribution is 2.41. The van der Waals surface area contributed by atoms with Gasteiger partial charge in [-0.15, -0.1) is 22.7 Å². The van der Waals surface area contributed by atoms with Crippen molar-refractivity contribution in [1.82, 2.24) is 50.0 Å². The molecule has 2 N–H and O–H groups in total. The van der Waals surface area contributed by atoms with Crippen molar-refractivity contribution in [1.29, 1.82) is 0 Å². The lowest BCUT2D eigenvalue weighted by Crippen LogP contribution is -2.45. The van der Waals surface area contributed by atoms with E-state index in [1.54, 1.807) is 22.7 Å². The number of likely N-dealkylation sites (N-methyl/N-ethyl adjacent to an activating group) is 2. The van der Waals surface area contributed by atoms with Crippen LogP contribution in [0, 0.1) is 0 Å². The van der Waals surface area contributed by atoms with E-state index >= 15 is 0 Å². The molecule has 4 aliphatic rings. The van der Waals surface area contributed by atoms with E-state index in [-0.39, 0.29) is 35.7 Å². The van der Waals surface area contributed by atoms with Gasteiger partial charge in [-0.2, -0.15) is 0 Å². The van der Waals surface area contributed by atoms with E-state index in [0.717, 1.165) is 157 Å². The largest absolute Gasteiger partial charge is 0.341 e.